The fraction of sp³-hybridized carbons (Fsp3) is 0.300. The van der Waals surface area contributed by atoms with E-state index in [1.807, 2.05) is 0 Å². The molecule has 0 aromatic heterocycles. The molecule has 0 aliphatic carbocycles. The average molecular weight is 244 g/mol. The van der Waals surface area contributed by atoms with Crippen LogP contribution < -0.4 is 9.47 Å². The largest absolute Gasteiger partial charge is 0.493 e. The molecule has 16 heavy (non-hydrogen) atoms. The van der Waals surface area contributed by atoms with Crippen molar-refractivity contribution < 1.29 is 22.7 Å². The summed E-state index contributed by atoms with van der Waals surface area (Å²) in [7, 11) is -1.80. The van der Waals surface area contributed by atoms with E-state index in [4.69, 9.17) is 9.47 Å². The molecule has 0 fully saturated rings. The van der Waals surface area contributed by atoms with Gasteiger partial charge in [0.05, 0.1) is 7.11 Å². The van der Waals surface area contributed by atoms with Crippen molar-refractivity contribution in [3.63, 3.8) is 0 Å². The lowest BCUT2D eigenvalue weighted by molar-refractivity contribution is 0.112. The number of ether oxygens (including phenoxy) is 2. The predicted octanol–water partition coefficient (Wildman–Crippen LogP) is 0.889. The first-order valence-corrected chi connectivity index (χ1v) is 6.46. The number of benzene rings is 1. The number of rotatable bonds is 5. The summed E-state index contributed by atoms with van der Waals surface area (Å²) in [4.78, 5) is 10.5. The maximum atomic E-state index is 10.9. The van der Waals surface area contributed by atoms with E-state index in [0.29, 0.717) is 23.3 Å². The molecule has 0 aliphatic heterocycles. The van der Waals surface area contributed by atoms with Gasteiger partial charge in [0.2, 0.25) is 0 Å². The summed E-state index contributed by atoms with van der Waals surface area (Å²) in [6.07, 6.45) is 1.74. The van der Waals surface area contributed by atoms with Crippen LogP contribution in [0.25, 0.3) is 0 Å². The van der Waals surface area contributed by atoms with Gasteiger partial charge >= 0.3 is 0 Å². The second kappa shape index (κ2) is 4.98. The van der Waals surface area contributed by atoms with E-state index >= 15 is 0 Å². The molecule has 1 aromatic rings. The highest BCUT2D eigenvalue weighted by Crippen LogP contribution is 2.27. The van der Waals surface area contributed by atoms with Crippen LogP contribution in [0.2, 0.25) is 0 Å². The lowest BCUT2D eigenvalue weighted by atomic mass is 10.2. The van der Waals surface area contributed by atoms with E-state index in [1.54, 1.807) is 0 Å². The number of carbonyl (C=O) groups is 1. The number of hydrogen-bond acceptors (Lipinski definition) is 5. The molecule has 0 saturated carbocycles. The van der Waals surface area contributed by atoms with Crippen molar-refractivity contribution in [1.29, 1.82) is 0 Å². The topological polar surface area (TPSA) is 69.7 Å². The van der Waals surface area contributed by atoms with E-state index in [1.165, 1.54) is 25.3 Å². The molecule has 0 aliphatic rings. The standard InChI is InChI=1S/C10H12O5S/c1-14-10-5-8(6-11)3-4-9(10)15-7-16(2,12)13/h3-6H,7H2,1-2H3. The summed E-state index contributed by atoms with van der Waals surface area (Å²) in [5.74, 6) is 0.191. The van der Waals surface area contributed by atoms with Crippen LogP contribution in [0.3, 0.4) is 0 Å². The molecule has 6 heteroatoms. The maximum Gasteiger partial charge on any atom is 0.189 e. The third kappa shape index (κ3) is 3.54. The summed E-state index contributed by atoms with van der Waals surface area (Å²) < 4.78 is 31.8. The molecule has 0 unspecified atom stereocenters. The molecule has 5 nitrogen and oxygen atoms in total. The van der Waals surface area contributed by atoms with Crippen LogP contribution in [0.15, 0.2) is 18.2 Å². The highest BCUT2D eigenvalue weighted by molar-refractivity contribution is 7.90. The zero-order chi connectivity index (χ0) is 12.2. The maximum absolute atomic E-state index is 10.9. The monoisotopic (exact) mass is 244 g/mol. The number of carbonyl (C=O) groups excluding carboxylic acids is 1. The molecule has 0 N–H and O–H groups in total. The molecule has 0 spiro atoms. The third-order valence-electron chi connectivity index (χ3n) is 1.75. The smallest absolute Gasteiger partial charge is 0.189 e. The van der Waals surface area contributed by atoms with Gasteiger partial charge in [-0.1, -0.05) is 0 Å². The molecule has 0 atom stereocenters. The van der Waals surface area contributed by atoms with Gasteiger partial charge in [-0.05, 0) is 18.2 Å². The van der Waals surface area contributed by atoms with Crippen molar-refractivity contribution >= 4 is 16.1 Å². The Bertz CT molecular complexity index is 478. The fourth-order valence-electron chi connectivity index (χ4n) is 1.05. The Balaban J connectivity index is 2.92. The first kappa shape index (κ1) is 12.5. The van der Waals surface area contributed by atoms with Gasteiger partial charge in [0.15, 0.2) is 27.3 Å². The number of methoxy groups -OCH3 is 1. The lowest BCUT2D eigenvalue weighted by Gasteiger charge is -2.09. The molecule has 0 saturated heterocycles. The first-order chi connectivity index (χ1) is 7.46. The molecular formula is C10H12O5S. The van der Waals surface area contributed by atoms with Crippen LogP contribution in [0, 0.1) is 0 Å². The van der Waals surface area contributed by atoms with Crippen LogP contribution in [0.1, 0.15) is 10.4 Å². The Labute approximate surface area is 93.9 Å². The summed E-state index contributed by atoms with van der Waals surface area (Å²) in [5, 5.41) is 0. The SMILES string of the molecule is COc1cc(C=O)ccc1OCS(C)(=O)=O. The first-order valence-electron chi connectivity index (χ1n) is 4.40. The molecule has 1 rings (SSSR count). The van der Waals surface area contributed by atoms with Crippen LogP contribution in [0.4, 0.5) is 0 Å². The predicted molar refractivity (Wildman–Crippen MR) is 58.7 cm³/mol. The van der Waals surface area contributed by atoms with Crippen LogP contribution in [-0.2, 0) is 9.84 Å². The van der Waals surface area contributed by atoms with E-state index in [9.17, 15) is 13.2 Å². The number of aldehydes is 1. The summed E-state index contributed by atoms with van der Waals surface area (Å²) >= 11 is 0. The molecule has 1 aromatic carbocycles. The van der Waals surface area contributed by atoms with Crippen LogP contribution >= 0.6 is 0 Å². The van der Waals surface area contributed by atoms with Gasteiger partial charge in [-0.25, -0.2) is 8.42 Å². The highest BCUT2D eigenvalue weighted by Gasteiger charge is 2.08. The van der Waals surface area contributed by atoms with Crippen molar-refractivity contribution in [2.45, 2.75) is 0 Å². The lowest BCUT2D eigenvalue weighted by Crippen LogP contribution is -2.10. The van der Waals surface area contributed by atoms with Gasteiger partial charge in [-0.2, -0.15) is 0 Å². The summed E-state index contributed by atoms with van der Waals surface area (Å²) in [6, 6.07) is 4.49. The molecule has 0 amide bonds. The van der Waals surface area contributed by atoms with E-state index in [2.05, 4.69) is 0 Å². The van der Waals surface area contributed by atoms with Crippen LogP contribution in [-0.4, -0.2) is 34.0 Å². The molecular weight excluding hydrogens is 232 g/mol. The number of hydrogen-bond donors (Lipinski definition) is 0. The van der Waals surface area contributed by atoms with Crippen molar-refractivity contribution in [3.05, 3.63) is 23.8 Å². The highest BCUT2D eigenvalue weighted by atomic mass is 32.2. The van der Waals surface area contributed by atoms with Gasteiger partial charge in [-0.15, -0.1) is 0 Å². The van der Waals surface area contributed by atoms with Crippen molar-refractivity contribution in [2.75, 3.05) is 19.3 Å². The Morgan fingerprint density at radius 2 is 2.00 bits per heavy atom. The Hall–Kier alpha value is -1.56. The molecule has 0 bridgehead atoms. The van der Waals surface area contributed by atoms with E-state index in [0.717, 1.165) is 6.26 Å². The van der Waals surface area contributed by atoms with Gasteiger partial charge < -0.3 is 9.47 Å². The third-order valence-corrected chi connectivity index (χ3v) is 2.30. The molecule has 0 radical (unpaired) electrons. The number of sulfone groups is 1. The van der Waals surface area contributed by atoms with Gasteiger partial charge in [-0.3, -0.25) is 4.79 Å². The zero-order valence-electron chi connectivity index (χ0n) is 8.97. The Morgan fingerprint density at radius 3 is 2.50 bits per heavy atom. The van der Waals surface area contributed by atoms with E-state index < -0.39 is 15.8 Å². The van der Waals surface area contributed by atoms with Gasteiger partial charge in [0, 0.05) is 11.8 Å². The molecule has 0 heterocycles. The van der Waals surface area contributed by atoms with Crippen molar-refractivity contribution in [1.82, 2.24) is 0 Å². The minimum absolute atomic E-state index is 0.290. The minimum Gasteiger partial charge on any atom is -0.493 e. The summed E-state index contributed by atoms with van der Waals surface area (Å²) in [6.45, 7) is 0. The van der Waals surface area contributed by atoms with Crippen molar-refractivity contribution in [3.8, 4) is 11.5 Å². The second-order valence-corrected chi connectivity index (χ2v) is 5.30. The second-order valence-electron chi connectivity index (χ2n) is 3.22. The van der Waals surface area contributed by atoms with Gasteiger partial charge in [0.25, 0.3) is 0 Å². The van der Waals surface area contributed by atoms with Gasteiger partial charge in [0.1, 0.15) is 6.29 Å². The normalized spacial score (nSPS) is 10.9. The quantitative estimate of drug-likeness (QED) is 0.719. The molecule has 88 valence electrons. The Kier molecular flexibility index (Phi) is 3.89. The fourth-order valence-corrected chi connectivity index (χ4v) is 1.39. The minimum atomic E-state index is -3.21. The van der Waals surface area contributed by atoms with Crippen molar-refractivity contribution in [2.24, 2.45) is 0 Å². The zero-order valence-corrected chi connectivity index (χ0v) is 9.78. The van der Waals surface area contributed by atoms with Crippen LogP contribution in [0.5, 0.6) is 11.5 Å². The average Bonchev–Trinajstić information content (AvgIpc) is 2.25. The summed E-state index contributed by atoms with van der Waals surface area (Å²) in [5.41, 5.74) is 0.434. The van der Waals surface area contributed by atoms with E-state index in [-0.39, 0.29) is 0 Å². The Morgan fingerprint density at radius 1 is 1.31 bits per heavy atom.